The summed E-state index contributed by atoms with van der Waals surface area (Å²) in [5.74, 6) is -1.12. The number of rotatable bonds is 11. The first-order chi connectivity index (χ1) is 23.8. The van der Waals surface area contributed by atoms with Crippen LogP contribution in [0.3, 0.4) is 0 Å². The van der Waals surface area contributed by atoms with E-state index in [4.69, 9.17) is 4.74 Å². The Kier molecular flexibility index (Phi) is 10.2. The lowest BCUT2D eigenvalue weighted by Crippen LogP contribution is -2.58. The van der Waals surface area contributed by atoms with E-state index < -0.39 is 29.6 Å². The number of ether oxygens (including phenoxy) is 1. The smallest absolute Gasteiger partial charge is 0.246 e. The number of hydrogen-bond donors (Lipinski definition) is 2. The summed E-state index contributed by atoms with van der Waals surface area (Å²) in [4.78, 5) is 50.6. The van der Waals surface area contributed by atoms with Crippen molar-refractivity contribution in [1.29, 1.82) is 0 Å². The van der Waals surface area contributed by atoms with Crippen LogP contribution in [-0.4, -0.2) is 102 Å². The predicted molar refractivity (Wildman–Crippen MR) is 193 cm³/mol. The molecule has 2 aromatic carbocycles. The van der Waals surface area contributed by atoms with Crippen LogP contribution < -0.4 is 10.6 Å². The van der Waals surface area contributed by atoms with Crippen LogP contribution in [0.4, 0.5) is 5.69 Å². The standard InChI is InChI=1S/C39H51N5O4S/c1-26-10-7-15-31(27(26)2)41-37(46)35-39-17-16-32(48-39)33(36(45)40-29-13-8-14-30(24-29)49-3)34(39)38(47)44(35)19-9-18-42-20-22-43(23-21-42)25-28-11-5-4-6-12-28/h4-6,8,11-14,16-17,24,26-27,31-35H,7,9-10,15,18-23,25H2,1-3H3,(H,40,45)(H,41,46)/t26-,27-,31-,32+,33-,34+,35+,39+/m1/s1. The van der Waals surface area contributed by atoms with Crippen molar-refractivity contribution in [2.24, 2.45) is 23.7 Å². The second-order valence-corrected chi connectivity index (χ2v) is 15.7. The molecule has 10 heteroatoms. The summed E-state index contributed by atoms with van der Waals surface area (Å²) in [5, 5.41) is 6.44. The fraction of sp³-hybridized carbons (Fsp3) is 0.564. The van der Waals surface area contributed by atoms with Crippen LogP contribution >= 0.6 is 11.8 Å². The van der Waals surface area contributed by atoms with E-state index in [0.717, 1.165) is 69.8 Å². The number of benzene rings is 2. The molecule has 0 aromatic heterocycles. The van der Waals surface area contributed by atoms with Gasteiger partial charge in [0.25, 0.3) is 0 Å². The highest BCUT2D eigenvalue weighted by atomic mass is 32.2. The number of amides is 3. The van der Waals surface area contributed by atoms with Crippen molar-refractivity contribution < 1.29 is 19.1 Å². The molecule has 4 aliphatic heterocycles. The summed E-state index contributed by atoms with van der Waals surface area (Å²) in [6.45, 7) is 10.7. The normalized spacial score (nSPS) is 32.8. The van der Waals surface area contributed by atoms with Gasteiger partial charge in [0.05, 0.1) is 17.9 Å². The number of fused-ring (bicyclic) bond motifs is 1. The first-order valence-electron chi connectivity index (χ1n) is 18.2. The van der Waals surface area contributed by atoms with Gasteiger partial charge < -0.3 is 25.2 Å². The molecule has 1 saturated carbocycles. The molecule has 3 amide bonds. The zero-order valence-corrected chi connectivity index (χ0v) is 29.9. The second kappa shape index (κ2) is 14.6. The Morgan fingerprint density at radius 2 is 1.73 bits per heavy atom. The molecular formula is C39H51N5O4S. The fourth-order valence-electron chi connectivity index (χ4n) is 8.96. The van der Waals surface area contributed by atoms with Gasteiger partial charge in [-0.2, -0.15) is 0 Å². The van der Waals surface area contributed by atoms with Crippen molar-refractivity contribution in [2.45, 2.75) is 74.8 Å². The van der Waals surface area contributed by atoms with Gasteiger partial charge in [-0.3, -0.25) is 19.3 Å². The molecule has 1 spiro atoms. The molecule has 3 saturated heterocycles. The van der Waals surface area contributed by atoms with Crippen LogP contribution in [0.2, 0.25) is 0 Å². The summed E-state index contributed by atoms with van der Waals surface area (Å²) in [6, 6.07) is 17.6. The van der Waals surface area contributed by atoms with Crippen LogP contribution in [0.1, 0.15) is 45.1 Å². The lowest BCUT2D eigenvalue weighted by molar-refractivity contribution is -0.141. The minimum Gasteiger partial charge on any atom is -0.359 e. The van der Waals surface area contributed by atoms with E-state index in [0.29, 0.717) is 24.1 Å². The van der Waals surface area contributed by atoms with Gasteiger partial charge in [0, 0.05) is 55.9 Å². The molecule has 5 aliphatic rings. The number of nitrogens with zero attached hydrogens (tertiary/aromatic N) is 3. The Balaban J connectivity index is 1.06. The SMILES string of the molecule is CSc1cccc(NC(=O)[C@@H]2[C@@H]3C=C[C@]4(O3)[C@@H]2C(=O)N(CCCN2CCN(Cc3ccccc3)CC2)[C@H]4C(=O)N[C@@H]2CCC[C@@H](C)[C@H]2C)c1. The van der Waals surface area contributed by atoms with Crippen LogP contribution in [-0.2, 0) is 25.7 Å². The topological polar surface area (TPSA) is 94.2 Å². The molecule has 49 heavy (non-hydrogen) atoms. The van der Waals surface area contributed by atoms with E-state index in [2.05, 4.69) is 64.6 Å². The zero-order chi connectivity index (χ0) is 34.1. The zero-order valence-electron chi connectivity index (χ0n) is 29.1. The maximum Gasteiger partial charge on any atom is 0.246 e. The Morgan fingerprint density at radius 3 is 2.51 bits per heavy atom. The van der Waals surface area contributed by atoms with Gasteiger partial charge in [0.15, 0.2) is 0 Å². The minimum absolute atomic E-state index is 0.0567. The van der Waals surface area contributed by atoms with Gasteiger partial charge in [-0.15, -0.1) is 11.8 Å². The monoisotopic (exact) mass is 685 g/mol. The molecule has 0 radical (unpaired) electrons. The molecule has 2 N–H and O–H groups in total. The van der Waals surface area contributed by atoms with Gasteiger partial charge in [-0.1, -0.05) is 75.2 Å². The lowest BCUT2D eigenvalue weighted by Gasteiger charge is -2.38. The van der Waals surface area contributed by atoms with Gasteiger partial charge in [-0.05, 0) is 61.2 Å². The fourth-order valence-corrected chi connectivity index (χ4v) is 9.42. The Morgan fingerprint density at radius 1 is 0.959 bits per heavy atom. The maximum atomic E-state index is 14.5. The summed E-state index contributed by atoms with van der Waals surface area (Å²) < 4.78 is 6.61. The summed E-state index contributed by atoms with van der Waals surface area (Å²) in [5.41, 5.74) is 0.876. The lowest BCUT2D eigenvalue weighted by atomic mass is 9.73. The van der Waals surface area contributed by atoms with Crippen molar-refractivity contribution in [3.8, 4) is 0 Å². The number of anilines is 1. The van der Waals surface area contributed by atoms with Crippen molar-refractivity contribution in [3.63, 3.8) is 0 Å². The largest absolute Gasteiger partial charge is 0.359 e. The van der Waals surface area contributed by atoms with Crippen molar-refractivity contribution in [1.82, 2.24) is 20.0 Å². The number of piperazine rings is 1. The molecule has 9 nitrogen and oxygen atoms in total. The Labute approximate surface area is 295 Å². The van der Waals surface area contributed by atoms with Crippen LogP contribution in [0.15, 0.2) is 71.6 Å². The minimum atomic E-state index is -1.15. The summed E-state index contributed by atoms with van der Waals surface area (Å²) >= 11 is 1.61. The molecule has 4 heterocycles. The van der Waals surface area contributed by atoms with E-state index in [1.807, 2.05) is 42.7 Å². The van der Waals surface area contributed by atoms with E-state index in [9.17, 15) is 14.4 Å². The molecule has 7 rings (SSSR count). The molecular weight excluding hydrogens is 635 g/mol. The second-order valence-electron chi connectivity index (χ2n) is 14.8. The van der Waals surface area contributed by atoms with Crippen molar-refractivity contribution >= 4 is 35.2 Å². The van der Waals surface area contributed by atoms with Gasteiger partial charge in [-0.25, -0.2) is 0 Å². The molecule has 262 valence electrons. The van der Waals surface area contributed by atoms with E-state index in [-0.39, 0.29) is 23.8 Å². The molecule has 2 aromatic rings. The van der Waals surface area contributed by atoms with Gasteiger partial charge >= 0.3 is 0 Å². The quantitative estimate of drug-likeness (QED) is 0.263. The first kappa shape index (κ1) is 34.3. The first-order valence-corrected chi connectivity index (χ1v) is 19.4. The van der Waals surface area contributed by atoms with E-state index in [1.54, 1.807) is 16.7 Å². The predicted octanol–water partition coefficient (Wildman–Crippen LogP) is 4.65. The average molecular weight is 686 g/mol. The third-order valence-electron chi connectivity index (χ3n) is 11.9. The third-order valence-corrected chi connectivity index (χ3v) is 12.6. The van der Waals surface area contributed by atoms with E-state index >= 15 is 0 Å². The highest BCUT2D eigenvalue weighted by Gasteiger charge is 2.72. The molecule has 2 bridgehead atoms. The molecule has 0 unspecified atom stereocenters. The van der Waals surface area contributed by atoms with Crippen molar-refractivity contribution in [3.05, 3.63) is 72.3 Å². The number of carbonyl (C=O) groups is 3. The van der Waals surface area contributed by atoms with Crippen LogP contribution in [0.25, 0.3) is 0 Å². The average Bonchev–Trinajstić information content (AvgIpc) is 3.75. The highest BCUT2D eigenvalue weighted by molar-refractivity contribution is 7.98. The van der Waals surface area contributed by atoms with Crippen LogP contribution in [0.5, 0.6) is 0 Å². The van der Waals surface area contributed by atoms with Crippen LogP contribution in [0, 0.1) is 23.7 Å². The summed E-state index contributed by atoms with van der Waals surface area (Å²) in [7, 11) is 0. The van der Waals surface area contributed by atoms with Crippen molar-refractivity contribution in [2.75, 3.05) is 50.8 Å². The number of carbonyl (C=O) groups excluding carboxylic acids is 3. The molecule has 4 fully saturated rings. The Hall–Kier alpha value is -3.18. The molecule has 1 aliphatic carbocycles. The highest BCUT2D eigenvalue weighted by Crippen LogP contribution is 2.55. The van der Waals surface area contributed by atoms with Gasteiger partial charge in [0.2, 0.25) is 17.7 Å². The van der Waals surface area contributed by atoms with E-state index in [1.165, 1.54) is 5.56 Å². The number of hydrogen-bond acceptors (Lipinski definition) is 7. The Bertz CT molecular complexity index is 1550. The number of thioether (sulfide) groups is 1. The number of nitrogens with one attached hydrogen (secondary N) is 2. The maximum absolute atomic E-state index is 14.5. The summed E-state index contributed by atoms with van der Waals surface area (Å²) in [6.07, 6.45) is 9.20. The number of likely N-dealkylation sites (tertiary alicyclic amines) is 1. The molecule has 8 atom stereocenters. The van der Waals surface area contributed by atoms with Gasteiger partial charge in [0.1, 0.15) is 11.6 Å². The third kappa shape index (κ3) is 6.81.